The lowest BCUT2D eigenvalue weighted by Crippen LogP contribution is -2.40. The third kappa shape index (κ3) is 3.15. The zero-order valence-corrected chi connectivity index (χ0v) is 12.0. The summed E-state index contributed by atoms with van der Waals surface area (Å²) in [5.74, 6) is 0.830. The summed E-state index contributed by atoms with van der Waals surface area (Å²) in [7, 11) is 0. The predicted octanol–water partition coefficient (Wildman–Crippen LogP) is 3.68. The van der Waals surface area contributed by atoms with Crippen LogP contribution in [0.4, 0.5) is 11.5 Å². The van der Waals surface area contributed by atoms with Crippen LogP contribution in [0.25, 0.3) is 0 Å². The maximum absolute atomic E-state index is 5.95. The van der Waals surface area contributed by atoms with Gasteiger partial charge in [0.1, 0.15) is 5.82 Å². The number of nitrogens with zero attached hydrogens (tertiary/aromatic N) is 1. The van der Waals surface area contributed by atoms with Gasteiger partial charge in [0.15, 0.2) is 0 Å². The molecule has 3 N–H and O–H groups in total. The Morgan fingerprint density at radius 3 is 2.39 bits per heavy atom. The van der Waals surface area contributed by atoms with E-state index < -0.39 is 0 Å². The number of hydrogen-bond acceptors (Lipinski definition) is 3. The second-order valence-corrected chi connectivity index (χ2v) is 7.20. The van der Waals surface area contributed by atoms with Gasteiger partial charge < -0.3 is 11.1 Å². The third-order valence-electron chi connectivity index (χ3n) is 3.73. The van der Waals surface area contributed by atoms with Crippen LogP contribution in [0.15, 0.2) is 18.3 Å². The maximum Gasteiger partial charge on any atom is 0.149 e. The van der Waals surface area contributed by atoms with Gasteiger partial charge >= 0.3 is 0 Å². The number of rotatable bonds is 2. The van der Waals surface area contributed by atoms with Crippen LogP contribution in [-0.4, -0.2) is 11.0 Å². The molecule has 1 aliphatic rings. The van der Waals surface area contributed by atoms with E-state index in [1.165, 1.54) is 19.3 Å². The molecule has 0 saturated heterocycles. The van der Waals surface area contributed by atoms with E-state index in [1.807, 2.05) is 12.1 Å². The van der Waals surface area contributed by atoms with Crippen molar-refractivity contribution in [3.8, 4) is 0 Å². The summed E-state index contributed by atoms with van der Waals surface area (Å²) in [6.07, 6.45) is 5.41. The number of nitrogens with two attached hydrogens (primary N) is 1. The van der Waals surface area contributed by atoms with E-state index >= 15 is 0 Å². The molecule has 2 rings (SSSR count). The molecule has 0 amide bonds. The second kappa shape index (κ2) is 4.45. The first-order chi connectivity index (χ1) is 8.27. The first kappa shape index (κ1) is 13.2. The van der Waals surface area contributed by atoms with Crippen molar-refractivity contribution in [2.24, 2.45) is 10.8 Å². The summed E-state index contributed by atoms with van der Waals surface area (Å²) in [6.45, 7) is 9.41. The Balaban J connectivity index is 2.12. The predicted molar refractivity (Wildman–Crippen MR) is 77.5 cm³/mol. The monoisotopic (exact) mass is 247 g/mol. The first-order valence-electron chi connectivity index (χ1n) is 6.75. The molecule has 100 valence electrons. The average Bonchev–Trinajstić information content (AvgIpc) is 2.16. The summed E-state index contributed by atoms with van der Waals surface area (Å²) in [4.78, 5) is 4.33. The number of pyridine rings is 1. The number of nitrogens with one attached hydrogen (secondary N) is 1. The van der Waals surface area contributed by atoms with Crippen molar-refractivity contribution in [2.75, 3.05) is 11.1 Å². The van der Waals surface area contributed by atoms with E-state index in [0.29, 0.717) is 16.9 Å². The van der Waals surface area contributed by atoms with Crippen LogP contribution >= 0.6 is 0 Å². The van der Waals surface area contributed by atoms with Gasteiger partial charge in [-0.15, -0.1) is 0 Å². The molecule has 3 heteroatoms. The van der Waals surface area contributed by atoms with Crippen molar-refractivity contribution in [2.45, 2.75) is 53.0 Å². The van der Waals surface area contributed by atoms with Crippen LogP contribution in [0.2, 0.25) is 0 Å². The maximum atomic E-state index is 5.95. The molecule has 0 radical (unpaired) electrons. The zero-order chi connectivity index (χ0) is 13.4. The number of anilines is 2. The molecular weight excluding hydrogens is 222 g/mol. The molecule has 1 aromatic rings. The molecule has 1 aliphatic carbocycles. The fraction of sp³-hybridized carbons (Fsp3) is 0.667. The molecule has 18 heavy (non-hydrogen) atoms. The highest BCUT2D eigenvalue weighted by atomic mass is 15.0. The van der Waals surface area contributed by atoms with Crippen LogP contribution in [-0.2, 0) is 0 Å². The van der Waals surface area contributed by atoms with Crippen molar-refractivity contribution in [1.82, 2.24) is 4.98 Å². The average molecular weight is 247 g/mol. The smallest absolute Gasteiger partial charge is 0.149 e. The Morgan fingerprint density at radius 2 is 1.83 bits per heavy atom. The number of hydrogen-bond donors (Lipinski definition) is 2. The van der Waals surface area contributed by atoms with Gasteiger partial charge in [0.25, 0.3) is 0 Å². The highest BCUT2D eigenvalue weighted by Crippen LogP contribution is 2.46. The molecule has 0 aromatic carbocycles. The molecule has 1 fully saturated rings. The van der Waals surface area contributed by atoms with Crippen molar-refractivity contribution >= 4 is 11.5 Å². The molecule has 1 heterocycles. The minimum Gasteiger partial charge on any atom is -0.396 e. The second-order valence-electron chi connectivity index (χ2n) is 7.20. The summed E-state index contributed by atoms with van der Waals surface area (Å²) in [6, 6.07) is 4.23. The Bertz CT molecular complexity index is 408. The SMILES string of the molecule is CC1(C)CC(Nc2ncccc2N)CC(C)(C)C1. The Labute approximate surface area is 110 Å². The minimum atomic E-state index is 0.378. The number of aromatic nitrogens is 1. The standard InChI is InChI=1S/C15H25N3/c1-14(2)8-11(9-15(3,4)10-14)18-13-12(16)6-5-7-17-13/h5-7,11H,8-10,16H2,1-4H3,(H,17,18). The van der Waals surface area contributed by atoms with Gasteiger partial charge in [-0.1, -0.05) is 27.7 Å². The van der Waals surface area contributed by atoms with E-state index in [2.05, 4.69) is 38.0 Å². The quantitative estimate of drug-likeness (QED) is 0.838. The van der Waals surface area contributed by atoms with Gasteiger partial charge in [-0.3, -0.25) is 0 Å². The highest BCUT2D eigenvalue weighted by molar-refractivity contribution is 5.60. The Hall–Kier alpha value is -1.25. The molecular formula is C15H25N3. The normalized spacial score (nSPS) is 22.7. The van der Waals surface area contributed by atoms with Crippen LogP contribution in [0.1, 0.15) is 47.0 Å². The third-order valence-corrected chi connectivity index (χ3v) is 3.73. The Morgan fingerprint density at radius 1 is 1.22 bits per heavy atom. The first-order valence-corrected chi connectivity index (χ1v) is 6.75. The van der Waals surface area contributed by atoms with Gasteiger partial charge in [0, 0.05) is 12.2 Å². The lowest BCUT2D eigenvalue weighted by Gasteiger charge is -2.45. The molecule has 0 aliphatic heterocycles. The summed E-state index contributed by atoms with van der Waals surface area (Å²) >= 11 is 0. The van der Waals surface area contributed by atoms with Crippen molar-refractivity contribution in [3.05, 3.63) is 18.3 Å². The fourth-order valence-electron chi connectivity index (χ4n) is 3.68. The lowest BCUT2D eigenvalue weighted by molar-refractivity contribution is 0.105. The molecule has 3 nitrogen and oxygen atoms in total. The van der Waals surface area contributed by atoms with Gasteiger partial charge in [-0.2, -0.15) is 0 Å². The highest BCUT2D eigenvalue weighted by Gasteiger charge is 2.38. The Kier molecular flexibility index (Phi) is 3.26. The van der Waals surface area contributed by atoms with Crippen LogP contribution in [0, 0.1) is 10.8 Å². The molecule has 0 spiro atoms. The van der Waals surface area contributed by atoms with Crippen LogP contribution < -0.4 is 11.1 Å². The van der Waals surface area contributed by atoms with Crippen LogP contribution in [0.3, 0.4) is 0 Å². The topological polar surface area (TPSA) is 50.9 Å². The largest absolute Gasteiger partial charge is 0.396 e. The fourth-order valence-corrected chi connectivity index (χ4v) is 3.68. The summed E-state index contributed by atoms with van der Waals surface area (Å²) in [5.41, 5.74) is 7.44. The molecule has 1 aromatic heterocycles. The van der Waals surface area contributed by atoms with Gasteiger partial charge in [-0.05, 0) is 42.2 Å². The van der Waals surface area contributed by atoms with Gasteiger partial charge in [0.05, 0.1) is 5.69 Å². The summed E-state index contributed by atoms with van der Waals surface area (Å²) in [5, 5.41) is 3.52. The summed E-state index contributed by atoms with van der Waals surface area (Å²) < 4.78 is 0. The van der Waals surface area contributed by atoms with E-state index in [0.717, 1.165) is 11.5 Å². The lowest BCUT2D eigenvalue weighted by atomic mass is 9.63. The van der Waals surface area contributed by atoms with E-state index in [-0.39, 0.29) is 0 Å². The van der Waals surface area contributed by atoms with E-state index in [9.17, 15) is 0 Å². The van der Waals surface area contributed by atoms with E-state index in [1.54, 1.807) is 6.20 Å². The van der Waals surface area contributed by atoms with Crippen molar-refractivity contribution < 1.29 is 0 Å². The van der Waals surface area contributed by atoms with E-state index in [4.69, 9.17) is 5.73 Å². The van der Waals surface area contributed by atoms with Gasteiger partial charge in [0.2, 0.25) is 0 Å². The minimum absolute atomic E-state index is 0.378. The van der Waals surface area contributed by atoms with Gasteiger partial charge in [-0.25, -0.2) is 4.98 Å². The number of nitrogen functional groups attached to an aromatic ring is 1. The molecule has 0 atom stereocenters. The van der Waals surface area contributed by atoms with Crippen molar-refractivity contribution in [1.29, 1.82) is 0 Å². The zero-order valence-electron chi connectivity index (χ0n) is 12.0. The molecule has 1 saturated carbocycles. The molecule has 0 unspecified atom stereocenters. The van der Waals surface area contributed by atoms with Crippen molar-refractivity contribution in [3.63, 3.8) is 0 Å². The molecule has 0 bridgehead atoms. The van der Waals surface area contributed by atoms with Crippen LogP contribution in [0.5, 0.6) is 0 Å².